The molecule has 1 heterocycles. The van der Waals surface area contributed by atoms with Crippen molar-refractivity contribution in [2.45, 2.75) is 37.9 Å². The van der Waals surface area contributed by atoms with E-state index in [1.807, 2.05) is 0 Å². The third kappa shape index (κ3) is 2.22. The van der Waals surface area contributed by atoms with Crippen LogP contribution in [0, 0.1) is 0 Å². The number of hydrogen-bond donors (Lipinski definition) is 3. The van der Waals surface area contributed by atoms with Gasteiger partial charge in [-0.05, 0) is 19.3 Å². The Morgan fingerprint density at radius 2 is 2.46 bits per heavy atom. The highest BCUT2D eigenvalue weighted by atomic mass is 15.5. The predicted molar refractivity (Wildman–Crippen MR) is 46.6 cm³/mol. The van der Waals surface area contributed by atoms with Crippen LogP contribution in [0.15, 0.2) is 0 Å². The van der Waals surface area contributed by atoms with Gasteiger partial charge in [0.15, 0.2) is 5.82 Å². The van der Waals surface area contributed by atoms with Crippen LogP contribution in [-0.4, -0.2) is 32.7 Å². The number of hydrogen-bond acceptors (Lipinski definition) is 5. The van der Waals surface area contributed by atoms with Gasteiger partial charge < -0.3 is 11.1 Å². The van der Waals surface area contributed by atoms with Crippen molar-refractivity contribution in [1.29, 1.82) is 0 Å². The van der Waals surface area contributed by atoms with Gasteiger partial charge in [0.05, 0.1) is 6.54 Å². The molecule has 1 aliphatic rings. The highest BCUT2D eigenvalue weighted by Gasteiger charge is 2.21. The van der Waals surface area contributed by atoms with Gasteiger partial charge in [-0.1, -0.05) is 5.21 Å². The predicted octanol–water partition coefficient (Wildman–Crippen LogP) is -0.831. The number of nitrogens with two attached hydrogens (primary N) is 1. The van der Waals surface area contributed by atoms with Crippen molar-refractivity contribution in [1.82, 2.24) is 25.9 Å². The molecule has 0 spiro atoms. The summed E-state index contributed by atoms with van der Waals surface area (Å²) in [7, 11) is 0. The average Bonchev–Trinajstić information content (AvgIpc) is 2.71. The van der Waals surface area contributed by atoms with E-state index in [1.165, 1.54) is 0 Å². The van der Waals surface area contributed by atoms with Crippen molar-refractivity contribution >= 4 is 0 Å². The SMILES string of the molecule is NC1CCC(NCc2nn[nH]n2)C1. The molecule has 2 atom stereocenters. The van der Waals surface area contributed by atoms with Crippen molar-refractivity contribution < 1.29 is 0 Å². The van der Waals surface area contributed by atoms with E-state index in [9.17, 15) is 0 Å². The molecule has 6 heteroatoms. The van der Waals surface area contributed by atoms with Crippen molar-refractivity contribution in [3.05, 3.63) is 5.82 Å². The molecule has 1 saturated carbocycles. The summed E-state index contributed by atoms with van der Waals surface area (Å²) in [5.74, 6) is 0.709. The Bertz CT molecular complexity index is 245. The number of nitrogens with one attached hydrogen (secondary N) is 2. The first-order valence-corrected chi connectivity index (χ1v) is 4.56. The fourth-order valence-corrected chi connectivity index (χ4v) is 1.69. The molecular weight excluding hydrogens is 168 g/mol. The molecule has 1 aliphatic carbocycles. The Hall–Kier alpha value is -1.01. The van der Waals surface area contributed by atoms with Crippen molar-refractivity contribution in [3.8, 4) is 0 Å². The van der Waals surface area contributed by atoms with E-state index in [2.05, 4.69) is 25.9 Å². The Morgan fingerprint density at radius 1 is 1.54 bits per heavy atom. The maximum atomic E-state index is 5.78. The maximum Gasteiger partial charge on any atom is 0.188 e. The Balaban J connectivity index is 1.74. The molecule has 4 N–H and O–H groups in total. The topological polar surface area (TPSA) is 92.5 Å². The molecule has 13 heavy (non-hydrogen) atoms. The number of H-pyrrole nitrogens is 1. The molecule has 2 unspecified atom stereocenters. The van der Waals surface area contributed by atoms with Crippen LogP contribution < -0.4 is 11.1 Å². The van der Waals surface area contributed by atoms with Crippen LogP contribution in [0.1, 0.15) is 25.1 Å². The summed E-state index contributed by atoms with van der Waals surface area (Å²) in [4.78, 5) is 0. The average molecular weight is 182 g/mol. The van der Waals surface area contributed by atoms with Crippen LogP contribution in [-0.2, 0) is 6.54 Å². The zero-order valence-corrected chi connectivity index (χ0v) is 7.40. The molecule has 1 aromatic heterocycles. The van der Waals surface area contributed by atoms with Gasteiger partial charge in [-0.15, -0.1) is 10.2 Å². The Kier molecular flexibility index (Phi) is 2.51. The van der Waals surface area contributed by atoms with Crippen LogP contribution in [0.25, 0.3) is 0 Å². The van der Waals surface area contributed by atoms with E-state index in [-0.39, 0.29) is 0 Å². The summed E-state index contributed by atoms with van der Waals surface area (Å²) in [5, 5.41) is 17.0. The van der Waals surface area contributed by atoms with Crippen LogP contribution in [0.2, 0.25) is 0 Å². The lowest BCUT2D eigenvalue weighted by atomic mass is 10.2. The lowest BCUT2D eigenvalue weighted by molar-refractivity contribution is 0.507. The second-order valence-electron chi connectivity index (χ2n) is 3.48. The second kappa shape index (κ2) is 3.80. The maximum absolute atomic E-state index is 5.78. The summed E-state index contributed by atoms with van der Waals surface area (Å²) in [6.07, 6.45) is 3.32. The van der Waals surface area contributed by atoms with Crippen LogP contribution in [0.5, 0.6) is 0 Å². The van der Waals surface area contributed by atoms with Gasteiger partial charge in [-0.2, -0.15) is 5.21 Å². The number of tetrazole rings is 1. The Morgan fingerprint density at radius 3 is 3.08 bits per heavy atom. The molecular formula is C7H14N6. The molecule has 0 aliphatic heterocycles. The normalized spacial score (nSPS) is 28.1. The minimum absolute atomic E-state index is 0.364. The first kappa shape index (κ1) is 8.58. The smallest absolute Gasteiger partial charge is 0.188 e. The number of aromatic nitrogens is 4. The largest absolute Gasteiger partial charge is 0.328 e. The molecule has 1 aromatic rings. The molecule has 0 bridgehead atoms. The number of rotatable bonds is 3. The minimum Gasteiger partial charge on any atom is -0.328 e. The lowest BCUT2D eigenvalue weighted by Gasteiger charge is -2.09. The van der Waals surface area contributed by atoms with Gasteiger partial charge in [-0.25, -0.2) is 0 Å². The van der Waals surface area contributed by atoms with E-state index in [0.717, 1.165) is 19.3 Å². The Labute approximate surface area is 76.3 Å². The van der Waals surface area contributed by atoms with Gasteiger partial charge >= 0.3 is 0 Å². The van der Waals surface area contributed by atoms with Gasteiger partial charge in [0, 0.05) is 12.1 Å². The van der Waals surface area contributed by atoms with Crippen LogP contribution in [0.4, 0.5) is 0 Å². The fraction of sp³-hybridized carbons (Fsp3) is 0.857. The monoisotopic (exact) mass is 182 g/mol. The summed E-state index contributed by atoms with van der Waals surface area (Å²) in [5.41, 5.74) is 5.78. The second-order valence-corrected chi connectivity index (χ2v) is 3.48. The van der Waals surface area contributed by atoms with E-state index in [4.69, 9.17) is 5.73 Å². The van der Waals surface area contributed by atoms with Gasteiger partial charge in [-0.3, -0.25) is 0 Å². The molecule has 0 radical (unpaired) electrons. The summed E-state index contributed by atoms with van der Waals surface area (Å²) in [6.45, 7) is 0.674. The molecule has 6 nitrogen and oxygen atoms in total. The molecule has 2 rings (SSSR count). The first-order chi connectivity index (χ1) is 6.34. The molecule has 72 valence electrons. The highest BCUT2D eigenvalue weighted by Crippen LogP contribution is 2.16. The van der Waals surface area contributed by atoms with E-state index in [0.29, 0.717) is 24.5 Å². The van der Waals surface area contributed by atoms with Crippen LogP contribution in [0.3, 0.4) is 0 Å². The van der Waals surface area contributed by atoms with Crippen LogP contribution >= 0.6 is 0 Å². The molecule has 0 saturated heterocycles. The number of nitrogens with zero attached hydrogens (tertiary/aromatic N) is 3. The summed E-state index contributed by atoms with van der Waals surface area (Å²) in [6, 6.07) is 0.885. The quantitative estimate of drug-likeness (QED) is 0.567. The minimum atomic E-state index is 0.364. The molecule has 0 amide bonds. The van der Waals surface area contributed by atoms with Crippen molar-refractivity contribution in [3.63, 3.8) is 0 Å². The van der Waals surface area contributed by atoms with Gasteiger partial charge in [0.1, 0.15) is 0 Å². The third-order valence-electron chi connectivity index (χ3n) is 2.41. The first-order valence-electron chi connectivity index (χ1n) is 4.56. The molecule has 0 aromatic carbocycles. The van der Waals surface area contributed by atoms with Gasteiger partial charge in [0.25, 0.3) is 0 Å². The van der Waals surface area contributed by atoms with E-state index >= 15 is 0 Å². The summed E-state index contributed by atoms with van der Waals surface area (Å²) < 4.78 is 0. The fourth-order valence-electron chi connectivity index (χ4n) is 1.69. The lowest BCUT2D eigenvalue weighted by Crippen LogP contribution is -2.28. The molecule has 1 fully saturated rings. The highest BCUT2D eigenvalue weighted by molar-refractivity contribution is 4.85. The van der Waals surface area contributed by atoms with Crippen molar-refractivity contribution in [2.24, 2.45) is 5.73 Å². The van der Waals surface area contributed by atoms with E-state index in [1.54, 1.807) is 0 Å². The summed E-state index contributed by atoms with van der Waals surface area (Å²) >= 11 is 0. The third-order valence-corrected chi connectivity index (χ3v) is 2.41. The van der Waals surface area contributed by atoms with Crippen molar-refractivity contribution in [2.75, 3.05) is 0 Å². The standard InChI is InChI=1S/C7H14N6/c8-5-1-2-6(3-5)9-4-7-10-12-13-11-7/h5-6,9H,1-4,8H2,(H,10,11,12,13). The number of aromatic amines is 1. The van der Waals surface area contributed by atoms with Gasteiger partial charge in [0.2, 0.25) is 0 Å². The zero-order chi connectivity index (χ0) is 9.10. The van der Waals surface area contributed by atoms with E-state index < -0.39 is 0 Å². The zero-order valence-electron chi connectivity index (χ0n) is 7.40.